The monoisotopic (exact) mass is 167 g/mol. The first-order valence-corrected chi connectivity index (χ1v) is 5.42. The molecule has 0 aromatic rings. The molecule has 0 bridgehead atoms. The van der Waals surface area contributed by atoms with Crippen LogP contribution in [0, 0.1) is 0 Å². The van der Waals surface area contributed by atoms with Crippen LogP contribution in [0.4, 0.5) is 0 Å². The van der Waals surface area contributed by atoms with Crippen LogP contribution >= 0.6 is 0 Å². The summed E-state index contributed by atoms with van der Waals surface area (Å²) < 4.78 is 0. The summed E-state index contributed by atoms with van der Waals surface area (Å²) in [6.45, 7) is 4.47. The summed E-state index contributed by atoms with van der Waals surface area (Å²) in [4.78, 5) is 4.69. The molecular formula is C11H21N. The van der Waals surface area contributed by atoms with Gasteiger partial charge in [0.15, 0.2) is 0 Å². The molecule has 1 aliphatic heterocycles. The maximum atomic E-state index is 4.69. The summed E-state index contributed by atoms with van der Waals surface area (Å²) >= 11 is 0. The molecule has 12 heavy (non-hydrogen) atoms. The lowest BCUT2D eigenvalue weighted by molar-refractivity contribution is 0.560. The van der Waals surface area contributed by atoms with Crippen molar-refractivity contribution in [1.82, 2.24) is 0 Å². The molecule has 70 valence electrons. The van der Waals surface area contributed by atoms with Gasteiger partial charge in [-0.05, 0) is 25.7 Å². The second-order valence-electron chi connectivity index (χ2n) is 3.74. The minimum absolute atomic E-state index is 0.687. The Morgan fingerprint density at radius 2 is 2.17 bits per heavy atom. The Bertz CT molecular complexity index is 149. The number of rotatable bonds is 5. The zero-order valence-electron chi connectivity index (χ0n) is 8.47. The predicted molar refractivity (Wildman–Crippen MR) is 54.9 cm³/mol. The molecule has 0 spiro atoms. The van der Waals surface area contributed by atoms with Crippen molar-refractivity contribution in [3.05, 3.63) is 0 Å². The molecule has 0 radical (unpaired) electrons. The molecule has 1 rings (SSSR count). The van der Waals surface area contributed by atoms with Crippen molar-refractivity contribution in [2.75, 3.05) is 0 Å². The normalized spacial score (nSPS) is 22.8. The van der Waals surface area contributed by atoms with Crippen LogP contribution in [0.3, 0.4) is 0 Å². The molecule has 1 heterocycles. The van der Waals surface area contributed by atoms with Gasteiger partial charge in [0, 0.05) is 5.71 Å². The molecule has 1 unspecified atom stereocenters. The van der Waals surface area contributed by atoms with Gasteiger partial charge in [-0.15, -0.1) is 0 Å². The number of aliphatic imine (C=N–C) groups is 1. The Morgan fingerprint density at radius 1 is 1.33 bits per heavy atom. The standard InChI is InChI=1S/C11H21N/c1-3-5-6-7-11-9-8-10(4-2)12-11/h11H,3-9H2,1-2H3. The van der Waals surface area contributed by atoms with Gasteiger partial charge in [-0.1, -0.05) is 33.1 Å². The first kappa shape index (κ1) is 9.76. The third-order valence-electron chi connectivity index (χ3n) is 2.68. The van der Waals surface area contributed by atoms with Gasteiger partial charge in [-0.25, -0.2) is 0 Å². The Kier molecular flexibility index (Phi) is 4.34. The predicted octanol–water partition coefficient (Wildman–Crippen LogP) is 3.58. The van der Waals surface area contributed by atoms with Crippen molar-refractivity contribution >= 4 is 5.71 Å². The summed E-state index contributed by atoms with van der Waals surface area (Å²) in [6, 6.07) is 0.687. The average Bonchev–Trinajstić information content (AvgIpc) is 2.53. The van der Waals surface area contributed by atoms with E-state index in [1.54, 1.807) is 0 Å². The lowest BCUT2D eigenvalue weighted by Crippen LogP contribution is -1.98. The van der Waals surface area contributed by atoms with Crippen LogP contribution in [0.5, 0.6) is 0 Å². The molecule has 0 saturated carbocycles. The van der Waals surface area contributed by atoms with Crippen molar-refractivity contribution in [2.45, 2.75) is 64.8 Å². The van der Waals surface area contributed by atoms with E-state index >= 15 is 0 Å². The molecule has 1 atom stereocenters. The van der Waals surface area contributed by atoms with Crippen molar-refractivity contribution in [1.29, 1.82) is 0 Å². The molecule has 1 heteroatoms. The van der Waals surface area contributed by atoms with Gasteiger partial charge in [-0.3, -0.25) is 4.99 Å². The van der Waals surface area contributed by atoms with Gasteiger partial charge in [0.25, 0.3) is 0 Å². The minimum atomic E-state index is 0.687. The number of nitrogens with zero attached hydrogens (tertiary/aromatic N) is 1. The topological polar surface area (TPSA) is 12.4 Å². The number of hydrogen-bond donors (Lipinski definition) is 0. The lowest BCUT2D eigenvalue weighted by Gasteiger charge is -2.04. The summed E-state index contributed by atoms with van der Waals surface area (Å²) in [7, 11) is 0. The average molecular weight is 167 g/mol. The summed E-state index contributed by atoms with van der Waals surface area (Å²) in [5.74, 6) is 0. The smallest absolute Gasteiger partial charge is 0.0502 e. The van der Waals surface area contributed by atoms with Crippen LogP contribution in [0.15, 0.2) is 4.99 Å². The highest BCUT2D eigenvalue weighted by Gasteiger charge is 2.14. The van der Waals surface area contributed by atoms with Crippen LogP contribution in [0.1, 0.15) is 58.8 Å². The molecule has 0 saturated heterocycles. The molecule has 1 nitrogen and oxygen atoms in total. The third-order valence-corrected chi connectivity index (χ3v) is 2.68. The molecule has 1 aliphatic rings. The van der Waals surface area contributed by atoms with Crippen molar-refractivity contribution in [2.24, 2.45) is 4.99 Å². The van der Waals surface area contributed by atoms with Crippen molar-refractivity contribution in [3.63, 3.8) is 0 Å². The molecule has 0 aromatic heterocycles. The quantitative estimate of drug-likeness (QED) is 0.555. The SMILES string of the molecule is CCCCCC1CCC(CC)=N1. The molecule has 0 aromatic carbocycles. The van der Waals surface area contributed by atoms with Crippen LogP contribution in [0.25, 0.3) is 0 Å². The van der Waals surface area contributed by atoms with E-state index in [2.05, 4.69) is 13.8 Å². The summed E-state index contributed by atoms with van der Waals surface area (Å²) in [5.41, 5.74) is 1.46. The largest absolute Gasteiger partial charge is 0.291 e. The Hall–Kier alpha value is -0.330. The highest BCUT2D eigenvalue weighted by molar-refractivity contribution is 5.85. The van der Waals surface area contributed by atoms with E-state index in [0.717, 1.165) is 0 Å². The molecule has 0 aliphatic carbocycles. The zero-order valence-corrected chi connectivity index (χ0v) is 8.47. The maximum Gasteiger partial charge on any atom is 0.0502 e. The first-order valence-electron chi connectivity index (χ1n) is 5.42. The van der Waals surface area contributed by atoms with E-state index in [-0.39, 0.29) is 0 Å². The van der Waals surface area contributed by atoms with Gasteiger partial charge in [0.1, 0.15) is 0 Å². The summed E-state index contributed by atoms with van der Waals surface area (Å²) in [5, 5.41) is 0. The highest BCUT2D eigenvalue weighted by atomic mass is 14.8. The Morgan fingerprint density at radius 3 is 2.75 bits per heavy atom. The van der Waals surface area contributed by atoms with Crippen molar-refractivity contribution in [3.8, 4) is 0 Å². The molecule has 0 N–H and O–H groups in total. The Balaban J connectivity index is 2.14. The lowest BCUT2D eigenvalue weighted by atomic mass is 10.1. The zero-order chi connectivity index (χ0) is 8.81. The third kappa shape index (κ3) is 2.96. The summed E-state index contributed by atoms with van der Waals surface area (Å²) in [6.07, 6.45) is 9.19. The molecule has 0 fully saturated rings. The number of unbranched alkanes of at least 4 members (excludes halogenated alkanes) is 2. The maximum absolute atomic E-state index is 4.69. The van der Waals surface area contributed by atoms with Crippen LogP contribution in [-0.4, -0.2) is 11.8 Å². The van der Waals surface area contributed by atoms with E-state index in [9.17, 15) is 0 Å². The van der Waals surface area contributed by atoms with Gasteiger partial charge in [0.2, 0.25) is 0 Å². The van der Waals surface area contributed by atoms with Crippen LogP contribution in [-0.2, 0) is 0 Å². The second-order valence-corrected chi connectivity index (χ2v) is 3.74. The van der Waals surface area contributed by atoms with E-state index in [4.69, 9.17) is 4.99 Å². The van der Waals surface area contributed by atoms with E-state index < -0.39 is 0 Å². The first-order chi connectivity index (χ1) is 5.86. The fourth-order valence-corrected chi connectivity index (χ4v) is 1.83. The Labute approximate surface area is 76.3 Å². The van der Waals surface area contributed by atoms with Crippen molar-refractivity contribution < 1.29 is 0 Å². The fraction of sp³-hybridized carbons (Fsp3) is 0.909. The van der Waals surface area contributed by atoms with E-state index in [1.165, 1.54) is 50.7 Å². The molecular weight excluding hydrogens is 146 g/mol. The van der Waals surface area contributed by atoms with Gasteiger partial charge < -0.3 is 0 Å². The van der Waals surface area contributed by atoms with Crippen LogP contribution < -0.4 is 0 Å². The van der Waals surface area contributed by atoms with Gasteiger partial charge >= 0.3 is 0 Å². The number of hydrogen-bond acceptors (Lipinski definition) is 1. The van der Waals surface area contributed by atoms with Crippen LogP contribution in [0.2, 0.25) is 0 Å². The molecule has 0 amide bonds. The highest BCUT2D eigenvalue weighted by Crippen LogP contribution is 2.20. The van der Waals surface area contributed by atoms with E-state index in [0.29, 0.717) is 6.04 Å². The second kappa shape index (κ2) is 5.34. The van der Waals surface area contributed by atoms with Gasteiger partial charge in [-0.2, -0.15) is 0 Å². The van der Waals surface area contributed by atoms with E-state index in [1.807, 2.05) is 0 Å². The minimum Gasteiger partial charge on any atom is -0.291 e. The fourth-order valence-electron chi connectivity index (χ4n) is 1.83. The van der Waals surface area contributed by atoms with Gasteiger partial charge in [0.05, 0.1) is 6.04 Å².